The number of rotatable bonds is 5. The Morgan fingerprint density at radius 3 is 2.50 bits per heavy atom. The summed E-state index contributed by atoms with van der Waals surface area (Å²) >= 11 is 0. The highest BCUT2D eigenvalue weighted by Gasteiger charge is 2.16. The fraction of sp³-hybridized carbons (Fsp3) is 0.300. The molecule has 0 aliphatic rings. The summed E-state index contributed by atoms with van der Waals surface area (Å²) in [6.45, 7) is 0. The Labute approximate surface area is 81.5 Å². The largest absolute Gasteiger partial charge is 0.480 e. The van der Waals surface area contributed by atoms with Gasteiger partial charge < -0.3 is 5.11 Å². The van der Waals surface area contributed by atoms with Crippen molar-refractivity contribution in [2.24, 2.45) is 5.18 Å². The van der Waals surface area contributed by atoms with Crippen LogP contribution in [0.4, 0.5) is 0 Å². The van der Waals surface area contributed by atoms with Crippen LogP contribution >= 0.6 is 0 Å². The summed E-state index contributed by atoms with van der Waals surface area (Å²) in [7, 11) is 0. The summed E-state index contributed by atoms with van der Waals surface area (Å²) < 4.78 is 0. The molecular weight excluding hydrogens is 182 g/mol. The maximum atomic E-state index is 10.5. The van der Waals surface area contributed by atoms with Crippen molar-refractivity contribution in [2.45, 2.75) is 18.9 Å². The van der Waals surface area contributed by atoms with Crippen molar-refractivity contribution in [2.75, 3.05) is 0 Å². The molecule has 74 valence electrons. The first-order chi connectivity index (χ1) is 6.74. The minimum atomic E-state index is -1.16. The molecule has 0 radical (unpaired) electrons. The Kier molecular flexibility index (Phi) is 3.79. The number of carboxylic acid groups (broad SMARTS) is 1. The van der Waals surface area contributed by atoms with Gasteiger partial charge in [-0.3, -0.25) is 0 Å². The van der Waals surface area contributed by atoms with Crippen LogP contribution in [0.25, 0.3) is 0 Å². The Morgan fingerprint density at radius 2 is 2.00 bits per heavy atom. The van der Waals surface area contributed by atoms with E-state index in [1.54, 1.807) is 0 Å². The van der Waals surface area contributed by atoms with Crippen LogP contribution in [0.3, 0.4) is 0 Å². The van der Waals surface area contributed by atoms with E-state index in [9.17, 15) is 9.70 Å². The van der Waals surface area contributed by atoms with Gasteiger partial charge in [0.25, 0.3) is 0 Å². The molecule has 0 fully saturated rings. The molecule has 4 heteroatoms. The second kappa shape index (κ2) is 5.11. The molecule has 1 rings (SSSR count). The number of carbonyl (C=O) groups is 1. The molecule has 0 aromatic heterocycles. The number of aliphatic carboxylic acids is 1. The highest BCUT2D eigenvalue weighted by Crippen LogP contribution is 2.07. The Hall–Kier alpha value is -1.71. The minimum absolute atomic E-state index is 0.253. The fourth-order valence-corrected chi connectivity index (χ4v) is 1.17. The summed E-state index contributed by atoms with van der Waals surface area (Å²) in [4.78, 5) is 20.6. The van der Waals surface area contributed by atoms with E-state index in [0.29, 0.717) is 6.42 Å². The van der Waals surface area contributed by atoms with E-state index in [-0.39, 0.29) is 6.42 Å². The molecule has 14 heavy (non-hydrogen) atoms. The van der Waals surface area contributed by atoms with E-state index in [0.717, 1.165) is 5.56 Å². The van der Waals surface area contributed by atoms with Crippen molar-refractivity contribution >= 4 is 5.97 Å². The summed E-state index contributed by atoms with van der Waals surface area (Å²) in [6.07, 6.45) is 0.812. The van der Waals surface area contributed by atoms with Gasteiger partial charge in [0, 0.05) is 0 Å². The molecular formula is C10H11NO3. The molecule has 1 atom stereocenters. The van der Waals surface area contributed by atoms with E-state index >= 15 is 0 Å². The van der Waals surface area contributed by atoms with Gasteiger partial charge in [-0.05, 0) is 18.4 Å². The number of hydrogen-bond donors (Lipinski definition) is 1. The van der Waals surface area contributed by atoms with Crippen LogP contribution in [0.5, 0.6) is 0 Å². The first kappa shape index (κ1) is 10.4. The van der Waals surface area contributed by atoms with Gasteiger partial charge >= 0.3 is 5.97 Å². The van der Waals surface area contributed by atoms with Crippen LogP contribution in [0.15, 0.2) is 35.5 Å². The van der Waals surface area contributed by atoms with E-state index in [2.05, 4.69) is 5.18 Å². The van der Waals surface area contributed by atoms with Gasteiger partial charge in [0.15, 0.2) is 6.04 Å². The molecule has 0 spiro atoms. The number of aryl methyl sites for hydroxylation is 1. The third kappa shape index (κ3) is 2.97. The van der Waals surface area contributed by atoms with Crippen LogP contribution in [0.2, 0.25) is 0 Å². The minimum Gasteiger partial charge on any atom is -0.480 e. The van der Waals surface area contributed by atoms with Crippen LogP contribution in [0.1, 0.15) is 12.0 Å². The third-order valence-corrected chi connectivity index (χ3v) is 1.96. The third-order valence-electron chi connectivity index (χ3n) is 1.96. The van der Waals surface area contributed by atoms with Crippen LogP contribution in [-0.4, -0.2) is 17.1 Å². The van der Waals surface area contributed by atoms with E-state index in [1.165, 1.54) is 0 Å². The van der Waals surface area contributed by atoms with Gasteiger partial charge in [-0.25, -0.2) is 4.79 Å². The van der Waals surface area contributed by atoms with Crippen LogP contribution < -0.4 is 0 Å². The van der Waals surface area contributed by atoms with E-state index in [1.807, 2.05) is 30.3 Å². The Bertz CT molecular complexity index is 310. The Balaban J connectivity index is 2.47. The van der Waals surface area contributed by atoms with Crippen molar-refractivity contribution in [3.63, 3.8) is 0 Å². The zero-order valence-electron chi connectivity index (χ0n) is 7.59. The monoisotopic (exact) mass is 193 g/mol. The van der Waals surface area contributed by atoms with Crippen molar-refractivity contribution in [1.29, 1.82) is 0 Å². The first-order valence-electron chi connectivity index (χ1n) is 4.33. The number of nitroso groups, excluding NO2 is 1. The lowest BCUT2D eigenvalue weighted by Crippen LogP contribution is -2.17. The molecule has 0 saturated carbocycles. The summed E-state index contributed by atoms with van der Waals surface area (Å²) in [5.74, 6) is -1.16. The van der Waals surface area contributed by atoms with Crippen LogP contribution in [-0.2, 0) is 11.2 Å². The number of hydrogen-bond acceptors (Lipinski definition) is 3. The standard InChI is InChI=1S/C10H11NO3/c12-10(13)9(11-14)7-6-8-4-2-1-3-5-8/h1-5,9H,6-7H2,(H,12,13)/t9-/m0/s1. The normalized spacial score (nSPS) is 12.0. The lowest BCUT2D eigenvalue weighted by molar-refractivity contribution is -0.138. The van der Waals surface area contributed by atoms with Crippen molar-refractivity contribution in [1.82, 2.24) is 0 Å². The van der Waals surface area contributed by atoms with Crippen molar-refractivity contribution in [3.8, 4) is 0 Å². The highest BCUT2D eigenvalue weighted by atomic mass is 16.4. The maximum Gasteiger partial charge on any atom is 0.332 e. The molecule has 0 heterocycles. The average molecular weight is 193 g/mol. The van der Waals surface area contributed by atoms with Gasteiger partial charge in [0.1, 0.15) is 0 Å². The molecule has 0 unspecified atom stereocenters. The summed E-state index contributed by atoms with van der Waals surface area (Å²) in [6, 6.07) is 8.29. The van der Waals surface area contributed by atoms with Crippen molar-refractivity contribution < 1.29 is 9.90 Å². The molecule has 1 aromatic carbocycles. The maximum absolute atomic E-state index is 10.5. The fourth-order valence-electron chi connectivity index (χ4n) is 1.17. The zero-order valence-corrected chi connectivity index (χ0v) is 7.59. The number of nitrogens with zero attached hydrogens (tertiary/aromatic N) is 1. The lowest BCUT2D eigenvalue weighted by Gasteiger charge is -2.03. The summed E-state index contributed by atoms with van der Waals surface area (Å²) in [5, 5.41) is 11.1. The summed E-state index contributed by atoms with van der Waals surface area (Å²) in [5.41, 5.74) is 1.02. The van der Waals surface area contributed by atoms with E-state index < -0.39 is 12.0 Å². The molecule has 4 nitrogen and oxygen atoms in total. The molecule has 0 amide bonds. The van der Waals surface area contributed by atoms with E-state index in [4.69, 9.17) is 5.11 Å². The predicted octanol–water partition coefficient (Wildman–Crippen LogP) is 1.84. The topological polar surface area (TPSA) is 66.7 Å². The zero-order chi connectivity index (χ0) is 10.4. The van der Waals surface area contributed by atoms with Gasteiger partial charge in [-0.1, -0.05) is 35.5 Å². The van der Waals surface area contributed by atoms with Gasteiger partial charge in [0.2, 0.25) is 0 Å². The van der Waals surface area contributed by atoms with Gasteiger partial charge in [0.05, 0.1) is 0 Å². The second-order valence-corrected chi connectivity index (χ2v) is 2.98. The van der Waals surface area contributed by atoms with Crippen LogP contribution in [0, 0.1) is 4.91 Å². The molecule has 1 N–H and O–H groups in total. The lowest BCUT2D eigenvalue weighted by atomic mass is 10.1. The Morgan fingerprint density at radius 1 is 1.36 bits per heavy atom. The van der Waals surface area contributed by atoms with Gasteiger partial charge in [-0.15, -0.1) is 4.91 Å². The molecule has 0 saturated heterocycles. The molecule has 0 aliphatic heterocycles. The number of benzene rings is 1. The molecule has 0 bridgehead atoms. The second-order valence-electron chi connectivity index (χ2n) is 2.98. The predicted molar refractivity (Wildman–Crippen MR) is 52.0 cm³/mol. The van der Waals surface area contributed by atoms with Gasteiger partial charge in [-0.2, -0.15) is 0 Å². The molecule has 0 aliphatic carbocycles. The molecule has 1 aromatic rings. The SMILES string of the molecule is O=N[C@@H](CCc1ccccc1)C(=O)O. The quantitative estimate of drug-likeness (QED) is 0.725. The van der Waals surface area contributed by atoms with Crippen molar-refractivity contribution in [3.05, 3.63) is 40.8 Å². The first-order valence-corrected chi connectivity index (χ1v) is 4.33. The average Bonchev–Trinajstić information content (AvgIpc) is 2.20. The number of carboxylic acids is 1. The highest BCUT2D eigenvalue weighted by molar-refractivity contribution is 5.73. The smallest absolute Gasteiger partial charge is 0.332 e.